The summed E-state index contributed by atoms with van der Waals surface area (Å²) in [4.78, 5) is 11.5. The van der Waals surface area contributed by atoms with Gasteiger partial charge in [0.2, 0.25) is 0 Å². The van der Waals surface area contributed by atoms with Crippen LogP contribution >= 0.6 is 15.9 Å². The Labute approximate surface area is 120 Å². The number of nitrogens with two attached hydrogens (primary N) is 1. The normalized spacial score (nSPS) is 12.9. The predicted octanol–water partition coefficient (Wildman–Crippen LogP) is 3.11. The van der Waals surface area contributed by atoms with Crippen molar-refractivity contribution in [3.05, 3.63) is 34.1 Å². The van der Waals surface area contributed by atoms with E-state index in [9.17, 15) is 9.18 Å². The zero-order chi connectivity index (χ0) is 14.6. The fourth-order valence-corrected chi connectivity index (χ4v) is 1.76. The number of hydrogen-bond donors (Lipinski definition) is 2. The lowest BCUT2D eigenvalue weighted by atomic mass is 10.1. The number of benzene rings is 1. The molecule has 0 spiro atoms. The van der Waals surface area contributed by atoms with Crippen molar-refractivity contribution in [2.45, 2.75) is 32.4 Å². The SMILES string of the molecule is CC(C)(C)OC(=O)NCC(N)c1ccc(F)c(Br)c1. The van der Waals surface area contributed by atoms with E-state index >= 15 is 0 Å². The number of hydrogen-bond acceptors (Lipinski definition) is 3. The van der Waals surface area contributed by atoms with E-state index in [1.54, 1.807) is 32.9 Å². The molecule has 1 aromatic carbocycles. The number of halogens is 2. The summed E-state index contributed by atoms with van der Waals surface area (Å²) in [5, 5.41) is 2.58. The second-order valence-corrected chi connectivity index (χ2v) is 6.02. The number of nitrogens with one attached hydrogen (secondary N) is 1. The van der Waals surface area contributed by atoms with Crippen LogP contribution in [0.4, 0.5) is 9.18 Å². The van der Waals surface area contributed by atoms with Crippen molar-refractivity contribution in [2.24, 2.45) is 5.73 Å². The largest absolute Gasteiger partial charge is 0.444 e. The first kappa shape index (κ1) is 15.9. The topological polar surface area (TPSA) is 64.3 Å². The molecule has 4 nitrogen and oxygen atoms in total. The van der Waals surface area contributed by atoms with Crippen molar-refractivity contribution in [2.75, 3.05) is 6.54 Å². The van der Waals surface area contributed by atoms with Gasteiger partial charge in [0.1, 0.15) is 11.4 Å². The van der Waals surface area contributed by atoms with E-state index in [0.29, 0.717) is 4.47 Å². The summed E-state index contributed by atoms with van der Waals surface area (Å²) in [5.74, 6) is -0.351. The van der Waals surface area contributed by atoms with E-state index in [2.05, 4.69) is 21.2 Å². The van der Waals surface area contributed by atoms with Crippen LogP contribution in [0.2, 0.25) is 0 Å². The molecular formula is C13H18BrFN2O2. The lowest BCUT2D eigenvalue weighted by Gasteiger charge is -2.21. The molecule has 106 valence electrons. The lowest BCUT2D eigenvalue weighted by molar-refractivity contribution is 0.0524. The highest BCUT2D eigenvalue weighted by Crippen LogP contribution is 2.20. The maximum atomic E-state index is 13.1. The fourth-order valence-electron chi connectivity index (χ4n) is 1.37. The molecule has 1 amide bonds. The van der Waals surface area contributed by atoms with Gasteiger partial charge in [-0.15, -0.1) is 0 Å². The van der Waals surface area contributed by atoms with Crippen molar-refractivity contribution in [3.8, 4) is 0 Å². The van der Waals surface area contributed by atoms with Crippen LogP contribution in [0, 0.1) is 5.82 Å². The molecule has 1 rings (SSSR count). The van der Waals surface area contributed by atoms with Gasteiger partial charge in [0.05, 0.1) is 4.47 Å². The second kappa shape index (κ2) is 6.34. The van der Waals surface area contributed by atoms with Crippen LogP contribution in [0.25, 0.3) is 0 Å². The van der Waals surface area contributed by atoms with Gasteiger partial charge in [-0.2, -0.15) is 0 Å². The summed E-state index contributed by atoms with van der Waals surface area (Å²) < 4.78 is 18.5. The molecule has 1 aromatic rings. The molecule has 0 bridgehead atoms. The molecule has 0 aliphatic heterocycles. The summed E-state index contributed by atoms with van der Waals surface area (Å²) in [6.45, 7) is 5.56. The maximum Gasteiger partial charge on any atom is 0.407 e. The Morgan fingerprint density at radius 3 is 2.68 bits per heavy atom. The third-order valence-electron chi connectivity index (χ3n) is 2.24. The zero-order valence-electron chi connectivity index (χ0n) is 11.2. The van der Waals surface area contributed by atoms with Gasteiger partial charge in [-0.05, 0) is 54.4 Å². The molecule has 0 radical (unpaired) electrons. The third-order valence-corrected chi connectivity index (χ3v) is 2.84. The minimum absolute atomic E-state index is 0.215. The highest BCUT2D eigenvalue weighted by atomic mass is 79.9. The van der Waals surface area contributed by atoms with Crippen molar-refractivity contribution >= 4 is 22.0 Å². The van der Waals surface area contributed by atoms with Crippen LogP contribution in [-0.4, -0.2) is 18.2 Å². The van der Waals surface area contributed by atoms with E-state index in [1.807, 2.05) is 0 Å². The number of ether oxygens (including phenoxy) is 1. The Morgan fingerprint density at radius 1 is 1.53 bits per heavy atom. The van der Waals surface area contributed by atoms with Crippen LogP contribution < -0.4 is 11.1 Å². The van der Waals surface area contributed by atoms with Gasteiger partial charge >= 0.3 is 6.09 Å². The number of carbonyl (C=O) groups is 1. The molecule has 3 N–H and O–H groups in total. The maximum absolute atomic E-state index is 13.1. The van der Waals surface area contributed by atoms with E-state index < -0.39 is 17.7 Å². The van der Waals surface area contributed by atoms with Crippen LogP contribution in [0.5, 0.6) is 0 Å². The average molecular weight is 333 g/mol. The van der Waals surface area contributed by atoms with Crippen molar-refractivity contribution in [3.63, 3.8) is 0 Å². The first-order valence-corrected chi connectivity index (χ1v) is 6.66. The number of rotatable bonds is 3. The summed E-state index contributed by atoms with van der Waals surface area (Å²) in [6.07, 6.45) is -0.524. The fraction of sp³-hybridized carbons (Fsp3) is 0.462. The van der Waals surface area contributed by atoms with Crippen molar-refractivity contribution in [1.82, 2.24) is 5.32 Å². The van der Waals surface area contributed by atoms with Crippen molar-refractivity contribution < 1.29 is 13.9 Å². The molecule has 6 heteroatoms. The van der Waals surface area contributed by atoms with Gasteiger partial charge in [-0.1, -0.05) is 6.07 Å². The minimum atomic E-state index is -0.549. The van der Waals surface area contributed by atoms with Gasteiger partial charge < -0.3 is 15.8 Å². The number of carbonyl (C=O) groups excluding carboxylic acids is 1. The Kier molecular flexibility index (Phi) is 5.31. The predicted molar refractivity (Wildman–Crippen MR) is 75.3 cm³/mol. The molecule has 0 aromatic heterocycles. The Morgan fingerprint density at radius 2 is 2.16 bits per heavy atom. The molecule has 19 heavy (non-hydrogen) atoms. The van der Waals surface area contributed by atoms with Gasteiger partial charge in [0.25, 0.3) is 0 Å². The smallest absolute Gasteiger partial charge is 0.407 e. The Hall–Kier alpha value is -1.14. The Bertz CT molecular complexity index is 460. The molecule has 0 fully saturated rings. The number of amides is 1. The molecule has 0 saturated heterocycles. The molecule has 1 atom stereocenters. The van der Waals surface area contributed by atoms with E-state index in [4.69, 9.17) is 10.5 Å². The van der Waals surface area contributed by atoms with Crippen LogP contribution in [0.15, 0.2) is 22.7 Å². The molecular weight excluding hydrogens is 315 g/mol. The molecule has 0 heterocycles. The van der Waals surface area contributed by atoms with E-state index in [-0.39, 0.29) is 12.4 Å². The number of alkyl carbamates (subject to hydrolysis) is 1. The standard InChI is InChI=1S/C13H18BrFN2O2/c1-13(2,3)19-12(18)17-7-11(16)8-4-5-10(15)9(14)6-8/h4-6,11H,7,16H2,1-3H3,(H,17,18). The first-order chi connectivity index (χ1) is 8.69. The Balaban J connectivity index is 2.53. The van der Waals surface area contributed by atoms with E-state index in [0.717, 1.165) is 5.56 Å². The summed E-state index contributed by atoms with van der Waals surface area (Å²) in [6, 6.07) is 4.08. The third kappa shape index (κ3) is 5.57. The summed E-state index contributed by atoms with van der Waals surface area (Å²) in [5.41, 5.74) is 6.09. The van der Waals surface area contributed by atoms with Crippen LogP contribution in [0.1, 0.15) is 32.4 Å². The summed E-state index contributed by atoms with van der Waals surface area (Å²) in [7, 11) is 0. The van der Waals surface area contributed by atoms with Gasteiger partial charge in [-0.25, -0.2) is 9.18 Å². The molecule has 0 aliphatic rings. The van der Waals surface area contributed by atoms with Gasteiger partial charge in [0.15, 0.2) is 0 Å². The highest BCUT2D eigenvalue weighted by Gasteiger charge is 2.17. The van der Waals surface area contributed by atoms with Crippen LogP contribution in [0.3, 0.4) is 0 Å². The first-order valence-electron chi connectivity index (χ1n) is 5.86. The van der Waals surface area contributed by atoms with Gasteiger partial charge in [-0.3, -0.25) is 0 Å². The zero-order valence-corrected chi connectivity index (χ0v) is 12.8. The molecule has 0 aliphatic carbocycles. The van der Waals surface area contributed by atoms with E-state index in [1.165, 1.54) is 6.07 Å². The second-order valence-electron chi connectivity index (χ2n) is 5.16. The minimum Gasteiger partial charge on any atom is -0.444 e. The molecule has 0 saturated carbocycles. The van der Waals surface area contributed by atoms with Gasteiger partial charge in [0, 0.05) is 12.6 Å². The van der Waals surface area contributed by atoms with Crippen LogP contribution in [-0.2, 0) is 4.74 Å². The highest BCUT2D eigenvalue weighted by molar-refractivity contribution is 9.10. The monoisotopic (exact) mass is 332 g/mol. The average Bonchev–Trinajstić information content (AvgIpc) is 2.27. The van der Waals surface area contributed by atoms with Crippen molar-refractivity contribution in [1.29, 1.82) is 0 Å². The quantitative estimate of drug-likeness (QED) is 0.893. The lowest BCUT2D eigenvalue weighted by Crippen LogP contribution is -2.36. The summed E-state index contributed by atoms with van der Waals surface area (Å²) >= 11 is 3.09. The molecule has 1 unspecified atom stereocenters.